The number of hydrogen-bond acceptors (Lipinski definition) is 5. The molecule has 6 nitrogen and oxygen atoms in total. The molecule has 3 aliphatic rings. The van der Waals surface area contributed by atoms with Gasteiger partial charge in [0.1, 0.15) is 23.4 Å². The molecule has 200 valence electrons. The van der Waals surface area contributed by atoms with Crippen LogP contribution in [0, 0.1) is 0 Å². The fourth-order valence-electron chi connectivity index (χ4n) is 5.27. The van der Waals surface area contributed by atoms with E-state index in [0.717, 1.165) is 43.1 Å². The number of amidine groups is 1. The zero-order chi connectivity index (χ0) is 26.9. The van der Waals surface area contributed by atoms with Crippen molar-refractivity contribution in [1.82, 2.24) is 10.2 Å². The van der Waals surface area contributed by atoms with Crippen LogP contribution in [-0.2, 0) is 17.0 Å². The molecule has 1 amide bonds. The molecule has 0 bridgehead atoms. The normalized spacial score (nSPS) is 21.2. The summed E-state index contributed by atoms with van der Waals surface area (Å²) in [4.78, 5) is 23.9. The van der Waals surface area contributed by atoms with Gasteiger partial charge >= 0.3 is 0 Å². The van der Waals surface area contributed by atoms with Gasteiger partial charge < -0.3 is 20.0 Å². The summed E-state index contributed by atoms with van der Waals surface area (Å²) in [6.45, 7) is 9.10. The van der Waals surface area contributed by atoms with Crippen molar-refractivity contribution in [1.29, 1.82) is 0 Å². The molecule has 1 saturated heterocycles. The van der Waals surface area contributed by atoms with Gasteiger partial charge in [0, 0.05) is 50.3 Å². The van der Waals surface area contributed by atoms with Crippen molar-refractivity contribution >= 4 is 23.1 Å². The van der Waals surface area contributed by atoms with Crippen LogP contribution in [0.25, 0.3) is 0 Å². The molecule has 3 heterocycles. The number of carbonyl (C=O) groups excluding carboxylic acids is 1. The number of alkyl halides is 1. The number of nitrogens with one attached hydrogen (secondary N) is 1. The Morgan fingerprint density at radius 1 is 0.974 bits per heavy atom. The van der Waals surface area contributed by atoms with E-state index in [2.05, 4.69) is 32.2 Å². The molecule has 2 atom stereocenters. The first-order chi connectivity index (χ1) is 18.2. The van der Waals surface area contributed by atoms with E-state index in [4.69, 9.17) is 0 Å². The van der Waals surface area contributed by atoms with Crippen molar-refractivity contribution < 1.29 is 13.6 Å². The van der Waals surface area contributed by atoms with Crippen molar-refractivity contribution in [3.05, 3.63) is 83.8 Å². The van der Waals surface area contributed by atoms with Gasteiger partial charge in [-0.25, -0.2) is 8.78 Å². The van der Waals surface area contributed by atoms with Crippen molar-refractivity contribution in [2.45, 2.75) is 51.5 Å². The summed E-state index contributed by atoms with van der Waals surface area (Å²) >= 11 is 0. The highest BCUT2D eigenvalue weighted by molar-refractivity contribution is 6.01. The monoisotopic (exact) mass is 519 g/mol. The average molecular weight is 520 g/mol. The van der Waals surface area contributed by atoms with Crippen LogP contribution < -0.4 is 15.1 Å². The lowest BCUT2D eigenvalue weighted by atomic mass is 10.00. The first-order valence-electron chi connectivity index (χ1n) is 13.3. The van der Waals surface area contributed by atoms with Gasteiger partial charge in [-0.1, -0.05) is 31.2 Å². The van der Waals surface area contributed by atoms with Crippen LogP contribution in [0.3, 0.4) is 0 Å². The average Bonchev–Trinajstić information content (AvgIpc) is 3.29. The number of hydrogen-bond donors (Lipinski definition) is 1. The molecule has 0 spiro atoms. The number of anilines is 2. The van der Waals surface area contributed by atoms with E-state index < -0.39 is 11.7 Å². The third-order valence-electron chi connectivity index (χ3n) is 7.53. The minimum atomic E-state index is -1.33. The van der Waals surface area contributed by atoms with Crippen LogP contribution in [-0.4, -0.2) is 54.9 Å². The lowest BCUT2D eigenvalue weighted by molar-refractivity contribution is -0.124. The van der Waals surface area contributed by atoms with Crippen LogP contribution in [0.5, 0.6) is 0 Å². The summed E-state index contributed by atoms with van der Waals surface area (Å²) in [5.74, 6) is 0.0931. The maximum Gasteiger partial charge on any atom is 0.245 e. The Balaban J connectivity index is 1.13. The number of carbonyl (C=O) groups is 1. The number of fused-ring (bicyclic) bond motifs is 1. The Morgan fingerprint density at radius 3 is 2.11 bits per heavy atom. The minimum Gasteiger partial charge on any atom is -0.368 e. The third kappa shape index (κ3) is 5.44. The van der Waals surface area contributed by atoms with Crippen LogP contribution in [0.1, 0.15) is 38.3 Å². The van der Waals surface area contributed by atoms with E-state index >= 15 is 0 Å². The van der Waals surface area contributed by atoms with E-state index in [1.807, 2.05) is 43.3 Å². The fourth-order valence-corrected chi connectivity index (χ4v) is 5.27. The molecule has 0 radical (unpaired) electrons. The van der Waals surface area contributed by atoms with Crippen LogP contribution in [0.4, 0.5) is 20.2 Å². The zero-order valence-corrected chi connectivity index (χ0v) is 22.2. The predicted octanol–water partition coefficient (Wildman–Crippen LogP) is 5.08. The summed E-state index contributed by atoms with van der Waals surface area (Å²) < 4.78 is 28.0. The molecule has 8 heteroatoms. The molecule has 2 aromatic rings. The topological polar surface area (TPSA) is 51.2 Å². The molecule has 5 rings (SSSR count). The number of amides is 1. The molecule has 0 saturated carbocycles. The number of rotatable bonds is 7. The fraction of sp³-hybridized carbons (Fsp3) is 0.400. The predicted molar refractivity (Wildman–Crippen MR) is 149 cm³/mol. The standard InChI is InChI=1S/C30H35F2N5O/c1-4-26-28(37-20-23(31)9-14-27(37)34-26)29(38)33-19-21-5-10-24(11-6-21)35-15-17-36(18-16-35)25-12-7-22(8-13-25)30(2,3)32/h5-14,20,26,28H,4,15-19H2,1-3H3,(H,33,38). The molecule has 0 aromatic heterocycles. The first-order valence-corrected chi connectivity index (χ1v) is 13.3. The molecule has 1 fully saturated rings. The number of benzene rings is 2. The van der Waals surface area contributed by atoms with Crippen LogP contribution in [0.15, 0.2) is 77.7 Å². The second kappa shape index (κ2) is 10.6. The van der Waals surface area contributed by atoms with E-state index in [1.54, 1.807) is 24.8 Å². The van der Waals surface area contributed by atoms with E-state index in [1.165, 1.54) is 12.3 Å². The lowest BCUT2D eigenvalue weighted by Crippen LogP contribution is -2.48. The second-order valence-electron chi connectivity index (χ2n) is 10.5. The zero-order valence-electron chi connectivity index (χ0n) is 22.2. The molecule has 3 aliphatic heterocycles. The van der Waals surface area contributed by atoms with Gasteiger partial charge in [-0.2, -0.15) is 0 Å². The highest BCUT2D eigenvalue weighted by Crippen LogP contribution is 2.28. The quantitative estimate of drug-likeness (QED) is 0.555. The lowest BCUT2D eigenvalue weighted by Gasteiger charge is -2.37. The number of halogens is 2. The molecule has 2 aromatic carbocycles. The largest absolute Gasteiger partial charge is 0.368 e. The maximum atomic E-state index is 14.2. The van der Waals surface area contributed by atoms with Gasteiger partial charge in [0.05, 0.1) is 6.04 Å². The van der Waals surface area contributed by atoms with Crippen LogP contribution >= 0.6 is 0 Å². The second-order valence-corrected chi connectivity index (χ2v) is 10.5. The first kappa shape index (κ1) is 25.9. The number of nitrogens with zero attached hydrogens (tertiary/aromatic N) is 4. The van der Waals surface area contributed by atoms with E-state index in [9.17, 15) is 13.6 Å². The maximum absolute atomic E-state index is 14.2. The SMILES string of the molecule is CCC1N=C2C=CC(F)=CN2C1C(=O)NCc1ccc(N2CCN(c3ccc(C(C)(C)F)cc3)CC2)cc1. The van der Waals surface area contributed by atoms with Crippen molar-refractivity contribution in [3.63, 3.8) is 0 Å². The molecular formula is C30H35F2N5O. The highest BCUT2D eigenvalue weighted by atomic mass is 19.1. The highest BCUT2D eigenvalue weighted by Gasteiger charge is 2.39. The van der Waals surface area contributed by atoms with E-state index in [-0.39, 0.29) is 17.8 Å². The van der Waals surface area contributed by atoms with Gasteiger partial charge in [-0.15, -0.1) is 0 Å². The Hall–Kier alpha value is -3.68. The number of aliphatic imine (C=N–C) groups is 1. The van der Waals surface area contributed by atoms with Crippen molar-refractivity contribution in [3.8, 4) is 0 Å². The van der Waals surface area contributed by atoms with Gasteiger partial charge in [0.25, 0.3) is 0 Å². The Labute approximate surface area is 223 Å². The minimum absolute atomic E-state index is 0.154. The molecule has 1 N–H and O–H groups in total. The smallest absolute Gasteiger partial charge is 0.245 e. The summed E-state index contributed by atoms with van der Waals surface area (Å²) in [5.41, 5.74) is 2.63. The summed E-state index contributed by atoms with van der Waals surface area (Å²) in [5, 5.41) is 3.02. The van der Waals surface area contributed by atoms with Gasteiger partial charge in [-0.3, -0.25) is 9.79 Å². The van der Waals surface area contributed by atoms with Crippen molar-refractivity contribution in [2.24, 2.45) is 4.99 Å². The van der Waals surface area contributed by atoms with Gasteiger partial charge in [0.2, 0.25) is 5.91 Å². The Bertz CT molecular complexity index is 1240. The molecule has 0 aliphatic carbocycles. The summed E-state index contributed by atoms with van der Waals surface area (Å²) in [6.07, 6.45) is 5.04. The molecule has 2 unspecified atom stereocenters. The summed E-state index contributed by atoms with van der Waals surface area (Å²) in [7, 11) is 0. The van der Waals surface area contributed by atoms with E-state index in [0.29, 0.717) is 24.4 Å². The Morgan fingerprint density at radius 2 is 1.55 bits per heavy atom. The third-order valence-corrected chi connectivity index (χ3v) is 7.53. The number of piperazine rings is 1. The van der Waals surface area contributed by atoms with Gasteiger partial charge in [-0.05, 0) is 67.8 Å². The number of allylic oxidation sites excluding steroid dienone is 2. The van der Waals surface area contributed by atoms with Crippen LogP contribution in [0.2, 0.25) is 0 Å². The summed E-state index contributed by atoms with van der Waals surface area (Å²) in [6, 6.07) is 15.3. The van der Waals surface area contributed by atoms with Crippen molar-refractivity contribution in [2.75, 3.05) is 36.0 Å². The van der Waals surface area contributed by atoms with Gasteiger partial charge in [0.15, 0.2) is 0 Å². The Kier molecular flexibility index (Phi) is 7.23. The molecular weight excluding hydrogens is 484 g/mol. The molecule has 38 heavy (non-hydrogen) atoms.